The number of rotatable bonds is 3. The van der Waals surface area contributed by atoms with Gasteiger partial charge in [-0.1, -0.05) is 25.4 Å². The molecule has 1 aromatic carbocycles. The molecule has 2 nitrogen and oxygen atoms in total. The second-order valence-electron chi connectivity index (χ2n) is 5.09. The van der Waals surface area contributed by atoms with E-state index in [2.05, 4.69) is 19.2 Å². The minimum absolute atomic E-state index is 0.145. The summed E-state index contributed by atoms with van der Waals surface area (Å²) >= 11 is 5.98. The lowest BCUT2D eigenvalue weighted by Crippen LogP contribution is -2.48. The number of anilines is 1. The minimum Gasteiger partial charge on any atom is -0.368 e. The number of hydrogen-bond acceptors (Lipinski definition) is 2. The molecule has 5 heteroatoms. The molecule has 1 aromatic rings. The van der Waals surface area contributed by atoms with Gasteiger partial charge in [-0.05, 0) is 24.9 Å². The highest BCUT2D eigenvalue weighted by molar-refractivity contribution is 6.33. The highest BCUT2D eigenvalue weighted by Crippen LogP contribution is 2.33. The summed E-state index contributed by atoms with van der Waals surface area (Å²) in [6, 6.07) is 2.51. The fraction of sp³-hybridized carbons (Fsp3) is 0.571. The van der Waals surface area contributed by atoms with Crippen molar-refractivity contribution < 1.29 is 8.78 Å². The molecule has 1 aliphatic heterocycles. The fourth-order valence-corrected chi connectivity index (χ4v) is 3.06. The molecule has 1 saturated heterocycles. The first-order valence-electron chi connectivity index (χ1n) is 6.65. The highest BCUT2D eigenvalue weighted by Gasteiger charge is 2.28. The average molecular weight is 289 g/mol. The Morgan fingerprint density at radius 3 is 2.74 bits per heavy atom. The van der Waals surface area contributed by atoms with Gasteiger partial charge in [0, 0.05) is 25.2 Å². The summed E-state index contributed by atoms with van der Waals surface area (Å²) in [7, 11) is 0. The van der Waals surface area contributed by atoms with E-state index in [0.29, 0.717) is 17.6 Å². The van der Waals surface area contributed by atoms with Crippen molar-refractivity contribution in [3.05, 3.63) is 28.8 Å². The molecular formula is C14H19ClF2N2. The normalized spacial score (nSPS) is 23.7. The quantitative estimate of drug-likeness (QED) is 0.916. The molecule has 19 heavy (non-hydrogen) atoms. The lowest BCUT2D eigenvalue weighted by Gasteiger charge is -2.39. The van der Waals surface area contributed by atoms with Gasteiger partial charge in [-0.25, -0.2) is 8.78 Å². The van der Waals surface area contributed by atoms with Gasteiger partial charge in [-0.2, -0.15) is 0 Å². The number of benzene rings is 1. The van der Waals surface area contributed by atoms with Crippen LogP contribution in [0.3, 0.4) is 0 Å². The number of nitrogens with one attached hydrogen (secondary N) is 1. The third kappa shape index (κ3) is 3.18. The second-order valence-corrected chi connectivity index (χ2v) is 5.50. The summed E-state index contributed by atoms with van der Waals surface area (Å²) in [5, 5.41) is 3.58. The maximum atomic E-state index is 13.9. The maximum Gasteiger partial charge on any atom is 0.150 e. The predicted molar refractivity (Wildman–Crippen MR) is 74.8 cm³/mol. The zero-order valence-electron chi connectivity index (χ0n) is 11.2. The topological polar surface area (TPSA) is 15.3 Å². The summed E-state index contributed by atoms with van der Waals surface area (Å²) in [6.45, 7) is 6.59. The third-order valence-electron chi connectivity index (χ3n) is 3.67. The Kier molecular flexibility index (Phi) is 4.63. The van der Waals surface area contributed by atoms with Crippen molar-refractivity contribution in [3.8, 4) is 0 Å². The molecule has 0 radical (unpaired) electrons. The van der Waals surface area contributed by atoms with Crippen LogP contribution < -0.4 is 10.2 Å². The van der Waals surface area contributed by atoms with Crippen LogP contribution in [0.25, 0.3) is 0 Å². The molecule has 2 unspecified atom stereocenters. The van der Waals surface area contributed by atoms with Gasteiger partial charge in [0.05, 0.1) is 10.7 Å². The maximum absolute atomic E-state index is 13.9. The van der Waals surface area contributed by atoms with Gasteiger partial charge >= 0.3 is 0 Å². The predicted octanol–water partition coefficient (Wildman–Crippen LogP) is 3.44. The molecule has 0 spiro atoms. The SMILES string of the molecule is CCNC1CCN(c2c(F)cc(F)cc2Cl)CC1C. The van der Waals surface area contributed by atoms with Gasteiger partial charge in [0.2, 0.25) is 0 Å². The highest BCUT2D eigenvalue weighted by atomic mass is 35.5. The van der Waals surface area contributed by atoms with E-state index in [1.165, 1.54) is 6.07 Å². The van der Waals surface area contributed by atoms with Crippen molar-refractivity contribution in [3.63, 3.8) is 0 Å². The Hall–Kier alpha value is -0.870. The van der Waals surface area contributed by atoms with E-state index in [4.69, 9.17) is 11.6 Å². The molecule has 2 rings (SSSR count). The Labute approximate surface area is 117 Å². The second kappa shape index (κ2) is 6.06. The molecule has 0 amide bonds. The molecule has 1 heterocycles. The zero-order chi connectivity index (χ0) is 14.0. The van der Waals surface area contributed by atoms with Crippen molar-refractivity contribution in [2.24, 2.45) is 5.92 Å². The molecule has 0 aliphatic carbocycles. The number of halogens is 3. The third-order valence-corrected chi connectivity index (χ3v) is 3.96. The zero-order valence-corrected chi connectivity index (χ0v) is 12.0. The minimum atomic E-state index is -0.637. The van der Waals surface area contributed by atoms with Gasteiger partial charge in [0.15, 0.2) is 5.82 Å². The molecule has 0 saturated carbocycles. The number of hydrogen-bond donors (Lipinski definition) is 1. The monoisotopic (exact) mass is 288 g/mol. The van der Waals surface area contributed by atoms with Crippen molar-refractivity contribution >= 4 is 17.3 Å². The van der Waals surface area contributed by atoms with Crippen molar-refractivity contribution in [1.82, 2.24) is 5.32 Å². The fourth-order valence-electron chi connectivity index (χ4n) is 2.75. The van der Waals surface area contributed by atoms with Gasteiger partial charge in [-0.15, -0.1) is 0 Å². The van der Waals surface area contributed by atoms with Gasteiger partial charge in [0.25, 0.3) is 0 Å². The van der Waals surface area contributed by atoms with E-state index in [9.17, 15) is 8.78 Å². The summed E-state index contributed by atoms with van der Waals surface area (Å²) in [5.41, 5.74) is 0.324. The van der Waals surface area contributed by atoms with Crippen LogP contribution in [0.4, 0.5) is 14.5 Å². The van der Waals surface area contributed by atoms with Crippen LogP contribution in [-0.2, 0) is 0 Å². The van der Waals surface area contributed by atoms with Gasteiger partial charge < -0.3 is 10.2 Å². The number of nitrogens with zero attached hydrogens (tertiary/aromatic N) is 1. The molecule has 1 fully saturated rings. The lowest BCUT2D eigenvalue weighted by atomic mass is 9.93. The first kappa shape index (κ1) is 14.5. The summed E-state index contributed by atoms with van der Waals surface area (Å²) in [4.78, 5) is 1.91. The van der Waals surface area contributed by atoms with E-state index in [-0.39, 0.29) is 5.02 Å². The summed E-state index contributed by atoms with van der Waals surface area (Å²) < 4.78 is 26.9. The van der Waals surface area contributed by atoms with Crippen LogP contribution >= 0.6 is 11.6 Å². The molecule has 1 N–H and O–H groups in total. The van der Waals surface area contributed by atoms with E-state index in [1.807, 2.05) is 4.90 Å². The Morgan fingerprint density at radius 2 is 2.16 bits per heavy atom. The molecule has 1 aliphatic rings. The first-order valence-corrected chi connectivity index (χ1v) is 7.03. The van der Waals surface area contributed by atoms with Gasteiger partial charge in [-0.3, -0.25) is 0 Å². The van der Waals surface area contributed by atoms with Gasteiger partial charge in [0.1, 0.15) is 5.82 Å². The van der Waals surface area contributed by atoms with E-state index >= 15 is 0 Å². The largest absolute Gasteiger partial charge is 0.368 e. The van der Waals surface area contributed by atoms with Crippen LogP contribution in [0.15, 0.2) is 12.1 Å². The smallest absolute Gasteiger partial charge is 0.150 e. The standard InChI is InChI=1S/C14H19ClF2N2/c1-3-18-13-4-5-19(8-9(13)2)14-11(15)6-10(16)7-12(14)17/h6-7,9,13,18H,3-5,8H2,1-2H3. The Bertz CT molecular complexity index is 430. The van der Waals surface area contributed by atoms with Crippen LogP contribution in [0.5, 0.6) is 0 Å². The van der Waals surface area contributed by atoms with Crippen LogP contribution in [0.1, 0.15) is 20.3 Å². The van der Waals surface area contributed by atoms with Crippen molar-refractivity contribution in [2.75, 3.05) is 24.5 Å². The summed E-state index contributed by atoms with van der Waals surface area (Å²) in [6.07, 6.45) is 0.933. The molecule has 0 bridgehead atoms. The van der Waals surface area contributed by atoms with E-state index in [0.717, 1.165) is 32.1 Å². The molecule has 106 valence electrons. The Morgan fingerprint density at radius 1 is 1.42 bits per heavy atom. The molecular weight excluding hydrogens is 270 g/mol. The van der Waals surface area contributed by atoms with Crippen molar-refractivity contribution in [2.45, 2.75) is 26.3 Å². The molecule has 0 aromatic heterocycles. The first-order chi connectivity index (χ1) is 9.02. The van der Waals surface area contributed by atoms with Crippen LogP contribution in [0, 0.1) is 17.6 Å². The van der Waals surface area contributed by atoms with Crippen LogP contribution in [0.2, 0.25) is 5.02 Å². The average Bonchev–Trinajstić information content (AvgIpc) is 2.31. The lowest BCUT2D eigenvalue weighted by molar-refractivity contribution is 0.325. The Balaban J connectivity index is 2.17. The van der Waals surface area contributed by atoms with Crippen LogP contribution in [-0.4, -0.2) is 25.7 Å². The molecule has 2 atom stereocenters. The summed E-state index contributed by atoms with van der Waals surface area (Å²) in [5.74, 6) is -0.824. The van der Waals surface area contributed by atoms with Crippen molar-refractivity contribution in [1.29, 1.82) is 0 Å². The van der Waals surface area contributed by atoms with E-state index in [1.54, 1.807) is 0 Å². The number of piperidine rings is 1. The van der Waals surface area contributed by atoms with E-state index < -0.39 is 11.6 Å².